The molecule has 0 N–H and O–H groups in total. The number of ether oxygens (including phenoxy) is 2. The molecular formula is C24H32O6. The van der Waals surface area contributed by atoms with Crippen molar-refractivity contribution in [1.82, 2.24) is 0 Å². The number of hydrogen-bond acceptors (Lipinski definition) is 6. The Bertz CT molecular complexity index is 887. The first-order valence-electron chi connectivity index (χ1n) is 10.7. The monoisotopic (exact) mass is 416 g/mol. The zero-order valence-corrected chi connectivity index (χ0v) is 19.0. The largest absolute Gasteiger partial charge is 0.458 e. The van der Waals surface area contributed by atoms with Gasteiger partial charge in [-0.3, -0.25) is 19.2 Å². The second-order valence-corrected chi connectivity index (χ2v) is 10.1. The zero-order valence-electron chi connectivity index (χ0n) is 19.0. The van der Waals surface area contributed by atoms with Crippen LogP contribution in [-0.4, -0.2) is 29.6 Å². The third-order valence-corrected chi connectivity index (χ3v) is 7.14. The van der Waals surface area contributed by atoms with Crippen LogP contribution in [0.2, 0.25) is 0 Å². The van der Waals surface area contributed by atoms with Crippen molar-refractivity contribution in [3.05, 3.63) is 22.5 Å². The van der Waals surface area contributed by atoms with Crippen LogP contribution in [0.3, 0.4) is 0 Å². The molecular weight excluding hydrogens is 384 g/mol. The smallest absolute Gasteiger partial charge is 0.308 e. The number of carbonyl (C=O) groups is 4. The molecule has 0 radical (unpaired) electrons. The Labute approximate surface area is 178 Å². The number of allylic oxidation sites excluding steroid dienone is 2. The molecule has 3 atom stereocenters. The highest BCUT2D eigenvalue weighted by Crippen LogP contribution is 2.61. The first kappa shape index (κ1) is 22.4. The fourth-order valence-corrected chi connectivity index (χ4v) is 6.00. The van der Waals surface area contributed by atoms with Crippen molar-refractivity contribution in [3.63, 3.8) is 0 Å². The lowest BCUT2D eigenvalue weighted by Crippen LogP contribution is -2.53. The summed E-state index contributed by atoms with van der Waals surface area (Å²) in [5.41, 5.74) is 0.212. The van der Waals surface area contributed by atoms with Crippen LogP contribution in [0.5, 0.6) is 0 Å². The highest BCUT2D eigenvalue weighted by atomic mass is 16.5. The minimum absolute atomic E-state index is 0.0535. The van der Waals surface area contributed by atoms with E-state index in [0.717, 1.165) is 19.3 Å². The minimum atomic E-state index is -0.767. The fourth-order valence-electron chi connectivity index (χ4n) is 6.00. The van der Waals surface area contributed by atoms with Crippen molar-refractivity contribution in [1.29, 1.82) is 0 Å². The maximum Gasteiger partial charge on any atom is 0.308 e. The van der Waals surface area contributed by atoms with Gasteiger partial charge < -0.3 is 9.47 Å². The molecule has 6 heteroatoms. The van der Waals surface area contributed by atoms with E-state index >= 15 is 0 Å². The summed E-state index contributed by atoms with van der Waals surface area (Å²) >= 11 is 0. The molecule has 164 valence electrons. The first-order valence-corrected chi connectivity index (χ1v) is 10.7. The Morgan fingerprint density at radius 1 is 1.00 bits per heavy atom. The van der Waals surface area contributed by atoms with Gasteiger partial charge in [0.25, 0.3) is 0 Å². The molecule has 3 aliphatic rings. The van der Waals surface area contributed by atoms with Gasteiger partial charge in [-0.15, -0.1) is 0 Å². The average Bonchev–Trinajstić information content (AvgIpc) is 2.58. The van der Waals surface area contributed by atoms with Crippen molar-refractivity contribution in [3.8, 4) is 0 Å². The Balaban J connectivity index is 2.27. The molecule has 1 saturated carbocycles. The predicted octanol–water partition coefficient (Wildman–Crippen LogP) is 4.08. The molecule has 0 unspecified atom stereocenters. The van der Waals surface area contributed by atoms with E-state index in [1.807, 2.05) is 6.92 Å². The topological polar surface area (TPSA) is 86.7 Å². The third kappa shape index (κ3) is 3.44. The number of hydrogen-bond donors (Lipinski definition) is 0. The van der Waals surface area contributed by atoms with Gasteiger partial charge in [-0.2, -0.15) is 0 Å². The minimum Gasteiger partial charge on any atom is -0.458 e. The fraction of sp³-hybridized carbons (Fsp3) is 0.667. The van der Waals surface area contributed by atoms with E-state index in [-0.39, 0.29) is 39.9 Å². The second kappa shape index (κ2) is 7.47. The lowest BCUT2D eigenvalue weighted by molar-refractivity contribution is -0.149. The number of rotatable bonds is 3. The first-order chi connectivity index (χ1) is 13.8. The van der Waals surface area contributed by atoms with E-state index in [1.54, 1.807) is 13.8 Å². The molecule has 0 aromatic heterocycles. The van der Waals surface area contributed by atoms with Crippen LogP contribution in [0.4, 0.5) is 0 Å². The van der Waals surface area contributed by atoms with Crippen molar-refractivity contribution in [2.24, 2.45) is 22.7 Å². The average molecular weight is 417 g/mol. The summed E-state index contributed by atoms with van der Waals surface area (Å²) in [6, 6.07) is 0. The summed E-state index contributed by atoms with van der Waals surface area (Å²) < 4.78 is 10.9. The van der Waals surface area contributed by atoms with Crippen LogP contribution in [0.25, 0.3) is 0 Å². The van der Waals surface area contributed by atoms with Crippen LogP contribution in [0.15, 0.2) is 22.5 Å². The molecule has 30 heavy (non-hydrogen) atoms. The van der Waals surface area contributed by atoms with E-state index in [0.29, 0.717) is 12.0 Å². The lowest BCUT2D eigenvalue weighted by atomic mass is 9.48. The highest BCUT2D eigenvalue weighted by molar-refractivity contribution is 6.26. The van der Waals surface area contributed by atoms with E-state index in [4.69, 9.17) is 9.47 Å². The number of ketones is 2. The Morgan fingerprint density at radius 2 is 1.63 bits per heavy atom. The summed E-state index contributed by atoms with van der Waals surface area (Å²) in [4.78, 5) is 51.1. The van der Waals surface area contributed by atoms with Gasteiger partial charge in [-0.25, -0.2) is 0 Å². The van der Waals surface area contributed by atoms with Gasteiger partial charge in [0.1, 0.15) is 6.10 Å². The normalized spacial score (nSPS) is 30.8. The zero-order chi connectivity index (χ0) is 22.6. The highest BCUT2D eigenvalue weighted by Gasteiger charge is 2.58. The van der Waals surface area contributed by atoms with E-state index in [2.05, 4.69) is 13.8 Å². The Hall–Kier alpha value is -2.24. The van der Waals surface area contributed by atoms with Crippen molar-refractivity contribution < 1.29 is 28.7 Å². The van der Waals surface area contributed by atoms with Crippen LogP contribution in [0, 0.1) is 22.7 Å². The quantitative estimate of drug-likeness (QED) is 0.509. The third-order valence-electron chi connectivity index (χ3n) is 7.14. The summed E-state index contributed by atoms with van der Waals surface area (Å²) in [6.45, 7) is 12.5. The van der Waals surface area contributed by atoms with Crippen molar-refractivity contribution >= 4 is 23.5 Å². The molecule has 0 aromatic carbocycles. The van der Waals surface area contributed by atoms with Gasteiger partial charge >= 0.3 is 11.9 Å². The number of fused-ring (bicyclic) bond motifs is 2. The van der Waals surface area contributed by atoms with E-state index in [1.165, 1.54) is 13.8 Å². The van der Waals surface area contributed by atoms with E-state index < -0.39 is 29.2 Å². The van der Waals surface area contributed by atoms with Gasteiger partial charge in [0, 0.05) is 36.0 Å². The number of carbonyl (C=O) groups excluding carboxylic acids is 4. The molecule has 0 spiro atoms. The predicted molar refractivity (Wildman–Crippen MR) is 110 cm³/mol. The van der Waals surface area contributed by atoms with Gasteiger partial charge in [-0.05, 0) is 36.5 Å². The maximum atomic E-state index is 13.8. The molecule has 3 aliphatic carbocycles. The molecule has 0 saturated heterocycles. The maximum absolute atomic E-state index is 13.8. The molecule has 6 nitrogen and oxygen atoms in total. The van der Waals surface area contributed by atoms with Crippen molar-refractivity contribution in [2.75, 3.05) is 0 Å². The van der Waals surface area contributed by atoms with Crippen LogP contribution >= 0.6 is 0 Å². The Kier molecular flexibility index (Phi) is 5.59. The molecule has 0 amide bonds. The summed E-state index contributed by atoms with van der Waals surface area (Å²) in [5.74, 6) is -2.30. The molecule has 0 aliphatic heterocycles. The molecule has 1 fully saturated rings. The Morgan fingerprint density at radius 3 is 2.17 bits per heavy atom. The van der Waals surface area contributed by atoms with Crippen LogP contribution in [-0.2, 0) is 28.7 Å². The molecule has 0 aromatic rings. The van der Waals surface area contributed by atoms with Crippen molar-refractivity contribution in [2.45, 2.75) is 80.3 Å². The van der Waals surface area contributed by atoms with Gasteiger partial charge in [-0.1, -0.05) is 41.0 Å². The SMILES string of the molecule is CC(=O)OC1=C(C(C)C)C(=O)C2=C(C1=O)[C@@]1(C)CCCC(C)(C)[C@@H]1C[C@H]2OC(C)=O. The van der Waals surface area contributed by atoms with Gasteiger partial charge in [0.05, 0.1) is 0 Å². The van der Waals surface area contributed by atoms with E-state index in [9.17, 15) is 19.2 Å². The molecule has 0 heterocycles. The lowest BCUT2D eigenvalue weighted by Gasteiger charge is -2.56. The molecule has 0 bridgehead atoms. The summed E-state index contributed by atoms with van der Waals surface area (Å²) in [7, 11) is 0. The van der Waals surface area contributed by atoms with Gasteiger partial charge in [0.2, 0.25) is 5.78 Å². The summed E-state index contributed by atoms with van der Waals surface area (Å²) in [5, 5.41) is 0. The molecule has 3 rings (SSSR count). The number of Topliss-reactive ketones (excluding diaryl/α,β-unsaturated/α-hetero) is 2. The number of esters is 2. The van der Waals surface area contributed by atoms with Gasteiger partial charge in [0.15, 0.2) is 11.5 Å². The summed E-state index contributed by atoms with van der Waals surface area (Å²) in [6.07, 6.45) is 2.43. The second-order valence-electron chi connectivity index (χ2n) is 10.1. The van der Waals surface area contributed by atoms with Crippen LogP contribution < -0.4 is 0 Å². The van der Waals surface area contributed by atoms with Crippen LogP contribution in [0.1, 0.15) is 74.1 Å². The standard InChI is InChI=1S/C24H32O6/c1-12(2)17-20(27)18-15(29-13(3)25)11-16-23(5,6)9-8-10-24(16,7)19(18)21(28)22(17)30-14(4)26/h12,15-16H,8-11H2,1-7H3/t15-,16+,24+/m1/s1.